The minimum absolute atomic E-state index is 0.247. The van der Waals surface area contributed by atoms with Crippen molar-refractivity contribution in [1.82, 2.24) is 0 Å². The molecule has 8 heteroatoms. The van der Waals surface area contributed by atoms with Crippen molar-refractivity contribution in [3.8, 4) is 0 Å². The van der Waals surface area contributed by atoms with Crippen molar-refractivity contribution in [1.29, 1.82) is 0 Å². The second-order valence-electron chi connectivity index (χ2n) is 11.6. The van der Waals surface area contributed by atoms with Gasteiger partial charge in [0.2, 0.25) is 0 Å². The van der Waals surface area contributed by atoms with E-state index in [1.165, 1.54) is 103 Å². The van der Waals surface area contributed by atoms with Gasteiger partial charge in [-0.15, -0.1) is 0 Å². The van der Waals surface area contributed by atoms with Crippen molar-refractivity contribution in [2.75, 3.05) is 0 Å². The van der Waals surface area contributed by atoms with E-state index in [0.29, 0.717) is 0 Å². The number of ether oxygens (including phenoxy) is 2. The molecule has 6 nitrogen and oxygen atoms in total. The lowest BCUT2D eigenvalue weighted by Crippen LogP contribution is -2.23. The van der Waals surface area contributed by atoms with Crippen LogP contribution in [-0.2, 0) is 28.7 Å². The standard InChI is InChI=1S/C34H62O6S2/c1-5-7-9-11-13-15-17-19-21-23-25-27-31(35)39-33(37)29(3)41-42-30(4)34(38)40-32(36)28-26-24-22-20-18-16-14-12-10-8-6-2/h29-30H,5-28H2,1-4H3. The van der Waals surface area contributed by atoms with Crippen LogP contribution >= 0.6 is 21.6 Å². The number of hydrogen-bond acceptors (Lipinski definition) is 8. The summed E-state index contributed by atoms with van der Waals surface area (Å²) in [6, 6.07) is 0. The first-order valence-corrected chi connectivity index (χ1v) is 19.4. The third-order valence-corrected chi connectivity index (χ3v) is 10.5. The van der Waals surface area contributed by atoms with Gasteiger partial charge < -0.3 is 9.47 Å². The summed E-state index contributed by atoms with van der Waals surface area (Å²) >= 11 is 0. The highest BCUT2D eigenvalue weighted by Crippen LogP contribution is 2.32. The fraction of sp³-hybridized carbons (Fsp3) is 0.882. The van der Waals surface area contributed by atoms with Crippen LogP contribution < -0.4 is 0 Å². The van der Waals surface area contributed by atoms with Gasteiger partial charge in [0.1, 0.15) is 10.5 Å². The topological polar surface area (TPSA) is 86.7 Å². The summed E-state index contributed by atoms with van der Waals surface area (Å²) in [5.74, 6) is -2.19. The van der Waals surface area contributed by atoms with E-state index in [2.05, 4.69) is 13.8 Å². The fourth-order valence-corrected chi connectivity index (χ4v) is 6.66. The predicted molar refractivity (Wildman–Crippen MR) is 178 cm³/mol. The Balaban J connectivity index is 3.80. The monoisotopic (exact) mass is 630 g/mol. The van der Waals surface area contributed by atoms with Crippen LogP contribution in [0.15, 0.2) is 0 Å². The number of esters is 4. The average molecular weight is 631 g/mol. The molecule has 0 amide bonds. The van der Waals surface area contributed by atoms with Gasteiger partial charge in [-0.3, -0.25) is 19.2 Å². The molecule has 0 saturated heterocycles. The molecule has 0 heterocycles. The summed E-state index contributed by atoms with van der Waals surface area (Å²) in [6.07, 6.45) is 26.8. The summed E-state index contributed by atoms with van der Waals surface area (Å²) < 4.78 is 9.97. The van der Waals surface area contributed by atoms with Crippen LogP contribution in [0.5, 0.6) is 0 Å². The molecule has 0 aromatic carbocycles. The highest BCUT2D eigenvalue weighted by molar-refractivity contribution is 8.77. The zero-order valence-electron chi connectivity index (χ0n) is 27.4. The number of rotatable bonds is 29. The summed E-state index contributed by atoms with van der Waals surface area (Å²) in [5, 5.41) is -1.22. The molecule has 0 aliphatic heterocycles. The van der Waals surface area contributed by atoms with Crippen LogP contribution in [0.3, 0.4) is 0 Å². The summed E-state index contributed by atoms with van der Waals surface area (Å²) in [6.45, 7) is 7.76. The zero-order chi connectivity index (χ0) is 31.3. The fourth-order valence-electron chi connectivity index (χ4n) is 4.60. The smallest absolute Gasteiger partial charge is 0.327 e. The van der Waals surface area contributed by atoms with Gasteiger partial charge in [0.05, 0.1) is 0 Å². The molecule has 0 aliphatic rings. The van der Waals surface area contributed by atoms with Gasteiger partial charge in [-0.25, -0.2) is 0 Å². The highest BCUT2D eigenvalue weighted by atomic mass is 33.1. The maximum atomic E-state index is 12.3. The van der Waals surface area contributed by atoms with Crippen LogP contribution in [0.4, 0.5) is 0 Å². The Labute approximate surface area is 265 Å². The Morgan fingerprint density at radius 1 is 0.429 bits per heavy atom. The van der Waals surface area contributed by atoms with Crippen molar-refractivity contribution < 1.29 is 28.7 Å². The quantitative estimate of drug-likeness (QED) is 0.0349. The zero-order valence-corrected chi connectivity index (χ0v) is 29.0. The lowest BCUT2D eigenvalue weighted by molar-refractivity contribution is -0.160. The van der Waals surface area contributed by atoms with E-state index in [0.717, 1.165) is 60.1 Å². The molecule has 2 atom stereocenters. The molecule has 246 valence electrons. The number of hydrogen-bond donors (Lipinski definition) is 0. The van der Waals surface area contributed by atoms with E-state index < -0.39 is 34.4 Å². The van der Waals surface area contributed by atoms with Gasteiger partial charge in [-0.1, -0.05) is 164 Å². The summed E-state index contributed by atoms with van der Waals surface area (Å²) in [7, 11) is 2.30. The molecule has 0 aromatic rings. The van der Waals surface area contributed by atoms with Crippen LogP contribution in [0.25, 0.3) is 0 Å². The number of carbonyl (C=O) groups excluding carboxylic acids is 4. The van der Waals surface area contributed by atoms with E-state index >= 15 is 0 Å². The molecule has 0 radical (unpaired) electrons. The summed E-state index contributed by atoms with van der Waals surface area (Å²) in [4.78, 5) is 48.6. The molecule has 0 spiro atoms. The van der Waals surface area contributed by atoms with E-state index in [1.807, 2.05) is 0 Å². The minimum atomic E-state index is -0.612. The molecular formula is C34H62O6S2. The maximum absolute atomic E-state index is 12.3. The van der Waals surface area contributed by atoms with E-state index in [-0.39, 0.29) is 12.8 Å². The molecule has 2 unspecified atom stereocenters. The van der Waals surface area contributed by atoms with E-state index in [1.54, 1.807) is 13.8 Å². The van der Waals surface area contributed by atoms with Gasteiger partial charge in [-0.2, -0.15) is 0 Å². The molecule has 0 aromatic heterocycles. The molecule has 0 aliphatic carbocycles. The first kappa shape index (κ1) is 41.0. The molecule has 0 N–H and O–H groups in total. The summed E-state index contributed by atoms with van der Waals surface area (Å²) in [5.41, 5.74) is 0. The average Bonchev–Trinajstić information content (AvgIpc) is 2.97. The minimum Gasteiger partial charge on any atom is -0.392 e. The Hall–Kier alpha value is -1.02. The Morgan fingerprint density at radius 2 is 0.667 bits per heavy atom. The number of unbranched alkanes of at least 4 members (excludes halogenated alkanes) is 20. The van der Waals surface area contributed by atoms with Crippen LogP contribution in [-0.4, -0.2) is 34.4 Å². The first-order chi connectivity index (χ1) is 20.3. The van der Waals surface area contributed by atoms with Gasteiger partial charge in [0.15, 0.2) is 0 Å². The molecular weight excluding hydrogens is 569 g/mol. The SMILES string of the molecule is CCCCCCCCCCCCCC(=O)OC(=O)C(C)SSC(C)C(=O)OC(=O)CCCCCCCCCCCCC. The third kappa shape index (κ3) is 26.6. The van der Waals surface area contributed by atoms with Gasteiger partial charge in [0, 0.05) is 12.8 Å². The largest absolute Gasteiger partial charge is 0.392 e. The van der Waals surface area contributed by atoms with Gasteiger partial charge in [0.25, 0.3) is 0 Å². The van der Waals surface area contributed by atoms with Crippen molar-refractivity contribution in [2.45, 2.75) is 192 Å². The van der Waals surface area contributed by atoms with E-state index in [4.69, 9.17) is 9.47 Å². The Bertz CT molecular complexity index is 642. The van der Waals surface area contributed by atoms with Crippen molar-refractivity contribution in [3.63, 3.8) is 0 Å². The Morgan fingerprint density at radius 3 is 0.929 bits per heavy atom. The lowest BCUT2D eigenvalue weighted by atomic mass is 10.1. The van der Waals surface area contributed by atoms with Crippen molar-refractivity contribution in [3.05, 3.63) is 0 Å². The lowest BCUT2D eigenvalue weighted by Gasteiger charge is -2.13. The molecule has 0 rings (SSSR count). The molecule has 0 fully saturated rings. The number of carbonyl (C=O) groups is 4. The van der Waals surface area contributed by atoms with Crippen molar-refractivity contribution >= 4 is 45.5 Å². The second kappa shape index (κ2) is 30.0. The van der Waals surface area contributed by atoms with Gasteiger partial charge in [-0.05, 0) is 26.7 Å². The Kier molecular flexibility index (Phi) is 29.3. The van der Waals surface area contributed by atoms with Crippen molar-refractivity contribution in [2.24, 2.45) is 0 Å². The van der Waals surface area contributed by atoms with Crippen LogP contribution in [0.2, 0.25) is 0 Å². The normalized spacial score (nSPS) is 12.6. The van der Waals surface area contributed by atoms with Crippen LogP contribution in [0.1, 0.15) is 182 Å². The second-order valence-corrected chi connectivity index (χ2v) is 14.6. The van der Waals surface area contributed by atoms with Gasteiger partial charge >= 0.3 is 23.9 Å². The highest BCUT2D eigenvalue weighted by Gasteiger charge is 2.24. The first-order valence-electron chi connectivity index (χ1n) is 17.1. The predicted octanol–water partition coefficient (Wildman–Crippen LogP) is 10.7. The molecule has 42 heavy (non-hydrogen) atoms. The van der Waals surface area contributed by atoms with Crippen LogP contribution in [0, 0.1) is 0 Å². The third-order valence-electron chi connectivity index (χ3n) is 7.41. The van der Waals surface area contributed by atoms with E-state index in [9.17, 15) is 19.2 Å². The molecule has 0 bridgehead atoms. The molecule has 0 saturated carbocycles. The maximum Gasteiger partial charge on any atom is 0.327 e.